The van der Waals surface area contributed by atoms with Crippen LogP contribution in [0.15, 0.2) is 29.4 Å². The predicted octanol–water partition coefficient (Wildman–Crippen LogP) is 2.63. The molecule has 1 aromatic rings. The van der Waals surface area contributed by atoms with Gasteiger partial charge in [0.1, 0.15) is 12.8 Å². The minimum Gasteiger partial charge on any atom is -0.395 e. The van der Waals surface area contributed by atoms with E-state index in [0.717, 1.165) is 12.0 Å². The second-order valence-electron chi connectivity index (χ2n) is 2.90. The summed E-state index contributed by atoms with van der Waals surface area (Å²) in [4.78, 5) is 4.93. The fraction of sp³-hybridized carbons (Fsp3) is 0.364. The van der Waals surface area contributed by atoms with E-state index < -0.39 is 0 Å². The molecule has 0 amide bonds. The predicted molar refractivity (Wildman–Crippen MR) is 54.0 cm³/mol. The van der Waals surface area contributed by atoms with Crippen LogP contribution in [-0.2, 0) is 4.84 Å². The first-order chi connectivity index (χ1) is 6.33. The van der Waals surface area contributed by atoms with E-state index in [-0.39, 0.29) is 0 Å². The minimum absolute atomic E-state index is 0.652. The van der Waals surface area contributed by atoms with Gasteiger partial charge in [0.05, 0.1) is 0 Å². The van der Waals surface area contributed by atoms with Gasteiger partial charge in [-0.3, -0.25) is 0 Å². The highest BCUT2D eigenvalue weighted by Crippen LogP contribution is 2.00. The van der Waals surface area contributed by atoms with E-state index in [4.69, 9.17) is 4.84 Å². The summed E-state index contributed by atoms with van der Waals surface area (Å²) in [5.41, 5.74) is 2.18. The summed E-state index contributed by atoms with van der Waals surface area (Å²) < 4.78 is 0. The van der Waals surface area contributed by atoms with E-state index in [0.29, 0.717) is 6.61 Å². The van der Waals surface area contributed by atoms with Crippen molar-refractivity contribution in [3.8, 4) is 0 Å². The van der Waals surface area contributed by atoms with E-state index in [1.807, 2.05) is 31.2 Å². The summed E-state index contributed by atoms with van der Waals surface area (Å²) in [6, 6.07) is 7.98. The molecule has 0 aliphatic heterocycles. The van der Waals surface area contributed by atoms with Crippen LogP contribution >= 0.6 is 0 Å². The second-order valence-corrected chi connectivity index (χ2v) is 2.90. The molecule has 1 rings (SSSR count). The summed E-state index contributed by atoms with van der Waals surface area (Å²) in [5, 5.41) is 3.71. The first-order valence-electron chi connectivity index (χ1n) is 4.47. The van der Waals surface area contributed by atoms with Crippen molar-refractivity contribution in [1.29, 1.82) is 0 Å². The molecule has 0 saturated heterocycles. The van der Waals surface area contributed by atoms with Crippen LogP contribution in [0.1, 0.15) is 24.5 Å². The van der Waals surface area contributed by atoms with Crippen molar-refractivity contribution in [2.75, 3.05) is 6.61 Å². The van der Waals surface area contributed by atoms with Crippen molar-refractivity contribution in [2.24, 2.45) is 5.16 Å². The zero-order valence-corrected chi connectivity index (χ0v) is 8.08. The normalized spacial score (nSPS) is 10.6. The molecule has 0 heterocycles. The molecule has 0 aromatic heterocycles. The molecule has 0 aliphatic carbocycles. The molecule has 13 heavy (non-hydrogen) atoms. The second kappa shape index (κ2) is 5.36. The Bertz CT molecular complexity index is 264. The number of benzene rings is 1. The number of rotatable bonds is 4. The third-order valence-corrected chi connectivity index (χ3v) is 1.59. The molecule has 0 aliphatic rings. The van der Waals surface area contributed by atoms with E-state index in [1.165, 1.54) is 5.56 Å². The Morgan fingerprint density at radius 1 is 1.31 bits per heavy atom. The Morgan fingerprint density at radius 3 is 2.62 bits per heavy atom. The molecule has 0 spiro atoms. The number of hydrogen-bond donors (Lipinski definition) is 0. The lowest BCUT2D eigenvalue weighted by molar-refractivity contribution is 0.146. The number of nitrogens with zero attached hydrogens (tertiary/aromatic N) is 1. The highest BCUT2D eigenvalue weighted by molar-refractivity contribution is 5.78. The van der Waals surface area contributed by atoms with Gasteiger partial charge >= 0.3 is 0 Å². The Hall–Kier alpha value is -1.31. The van der Waals surface area contributed by atoms with E-state index in [9.17, 15) is 0 Å². The van der Waals surface area contributed by atoms with Crippen LogP contribution in [0, 0.1) is 6.92 Å². The maximum atomic E-state index is 4.93. The van der Waals surface area contributed by atoms with Crippen LogP contribution < -0.4 is 0 Å². The van der Waals surface area contributed by atoms with E-state index in [1.54, 1.807) is 0 Å². The molecule has 69 valence electrons. The first-order valence-corrected chi connectivity index (χ1v) is 4.47. The molecule has 1 radical (unpaired) electrons. The maximum absolute atomic E-state index is 4.93. The molecule has 2 nitrogen and oxygen atoms in total. The summed E-state index contributed by atoms with van der Waals surface area (Å²) in [6.45, 7) is 4.74. The van der Waals surface area contributed by atoms with Crippen molar-refractivity contribution in [3.63, 3.8) is 0 Å². The number of hydrogen-bond acceptors (Lipinski definition) is 2. The van der Waals surface area contributed by atoms with Gasteiger partial charge in [-0.25, -0.2) is 0 Å². The zero-order valence-electron chi connectivity index (χ0n) is 8.08. The lowest BCUT2D eigenvalue weighted by Gasteiger charge is -1.94. The fourth-order valence-electron chi connectivity index (χ4n) is 0.850. The highest BCUT2D eigenvalue weighted by Gasteiger charge is 1.87. The quantitative estimate of drug-likeness (QED) is 0.392. The van der Waals surface area contributed by atoms with Gasteiger partial charge in [-0.1, -0.05) is 41.9 Å². The molecule has 0 unspecified atom stereocenters. The fourth-order valence-corrected chi connectivity index (χ4v) is 0.850. The Morgan fingerprint density at radius 2 is 2.00 bits per heavy atom. The van der Waals surface area contributed by atoms with Crippen LogP contribution in [0.2, 0.25) is 0 Å². The van der Waals surface area contributed by atoms with Gasteiger partial charge in [0.15, 0.2) is 0 Å². The molecule has 0 saturated carbocycles. The standard InChI is InChI=1S/C11H14NO/c1-3-8-13-12-9-11-6-4-10(2)5-7-11/h4-7H,3,8H2,1-2H3. The SMILES string of the molecule is CCCO/N=[C]\c1ccc(C)cc1. The number of aryl methyl sites for hydroxylation is 1. The third kappa shape index (κ3) is 3.74. The van der Waals surface area contributed by atoms with Gasteiger partial charge in [-0.15, -0.1) is 0 Å². The van der Waals surface area contributed by atoms with Crippen molar-refractivity contribution < 1.29 is 4.84 Å². The van der Waals surface area contributed by atoms with Crippen molar-refractivity contribution >= 4 is 6.21 Å². The van der Waals surface area contributed by atoms with Crippen LogP contribution in [0.4, 0.5) is 0 Å². The van der Waals surface area contributed by atoms with Crippen LogP contribution in [0.5, 0.6) is 0 Å². The molecule has 0 bridgehead atoms. The summed E-state index contributed by atoms with van der Waals surface area (Å²) >= 11 is 0. The Labute approximate surface area is 79.2 Å². The molecule has 2 heteroatoms. The lowest BCUT2D eigenvalue weighted by Crippen LogP contribution is -1.86. The monoisotopic (exact) mass is 176 g/mol. The summed E-state index contributed by atoms with van der Waals surface area (Å²) in [7, 11) is 0. The minimum atomic E-state index is 0.652. The first kappa shape index (κ1) is 9.78. The van der Waals surface area contributed by atoms with Gasteiger partial charge in [-0.2, -0.15) is 0 Å². The van der Waals surface area contributed by atoms with Crippen molar-refractivity contribution in [1.82, 2.24) is 0 Å². The van der Waals surface area contributed by atoms with E-state index >= 15 is 0 Å². The summed E-state index contributed by atoms with van der Waals surface area (Å²) in [6.07, 6.45) is 3.78. The molecular weight excluding hydrogens is 162 g/mol. The van der Waals surface area contributed by atoms with Crippen molar-refractivity contribution in [2.45, 2.75) is 20.3 Å². The zero-order chi connectivity index (χ0) is 9.52. The molecule has 1 aromatic carbocycles. The highest BCUT2D eigenvalue weighted by atomic mass is 16.6. The lowest BCUT2D eigenvalue weighted by atomic mass is 10.2. The summed E-state index contributed by atoms with van der Waals surface area (Å²) in [5.74, 6) is 0. The smallest absolute Gasteiger partial charge is 0.139 e. The Balaban J connectivity index is 2.44. The van der Waals surface area contributed by atoms with Crippen molar-refractivity contribution in [3.05, 3.63) is 35.4 Å². The Kier molecular flexibility index (Phi) is 4.03. The largest absolute Gasteiger partial charge is 0.395 e. The third-order valence-electron chi connectivity index (χ3n) is 1.59. The van der Waals surface area contributed by atoms with Gasteiger partial charge in [-0.05, 0) is 13.3 Å². The van der Waals surface area contributed by atoms with Gasteiger partial charge in [0.25, 0.3) is 0 Å². The van der Waals surface area contributed by atoms with E-state index in [2.05, 4.69) is 18.3 Å². The molecule has 0 fully saturated rings. The molecular formula is C11H14NO. The van der Waals surface area contributed by atoms with Crippen LogP contribution in [0.3, 0.4) is 0 Å². The van der Waals surface area contributed by atoms with Gasteiger partial charge in [0.2, 0.25) is 0 Å². The molecule has 0 N–H and O–H groups in total. The average molecular weight is 176 g/mol. The average Bonchev–Trinajstić information content (AvgIpc) is 2.15. The topological polar surface area (TPSA) is 21.6 Å². The molecule has 0 atom stereocenters. The van der Waals surface area contributed by atoms with Crippen LogP contribution in [0.25, 0.3) is 0 Å². The van der Waals surface area contributed by atoms with Crippen LogP contribution in [-0.4, -0.2) is 12.8 Å². The van der Waals surface area contributed by atoms with Gasteiger partial charge < -0.3 is 4.84 Å². The maximum Gasteiger partial charge on any atom is 0.139 e. The van der Waals surface area contributed by atoms with Gasteiger partial charge in [0, 0.05) is 5.56 Å².